The lowest BCUT2D eigenvalue weighted by Gasteiger charge is -2.21. The van der Waals surface area contributed by atoms with Gasteiger partial charge in [0.1, 0.15) is 11.5 Å². The summed E-state index contributed by atoms with van der Waals surface area (Å²) in [5.41, 5.74) is 3.61. The minimum absolute atomic E-state index is 0.123. The predicted molar refractivity (Wildman–Crippen MR) is 88.9 cm³/mol. The molecule has 3 nitrogen and oxygen atoms in total. The summed E-state index contributed by atoms with van der Waals surface area (Å²) in [6, 6.07) is 6.52. The normalized spacial score (nSPS) is 12.2. The van der Waals surface area contributed by atoms with Crippen LogP contribution in [0.3, 0.4) is 0 Å². The SMILES string of the molecule is CCNC(c1cc(OC)cs1)c1ccc(C)c(C)c1OC. The number of nitrogens with one attached hydrogen (secondary N) is 1. The van der Waals surface area contributed by atoms with Crippen molar-refractivity contribution in [2.45, 2.75) is 26.8 Å². The van der Waals surface area contributed by atoms with E-state index in [9.17, 15) is 0 Å². The molecule has 0 spiro atoms. The highest BCUT2D eigenvalue weighted by Crippen LogP contribution is 2.37. The topological polar surface area (TPSA) is 30.5 Å². The molecule has 0 saturated carbocycles. The molecule has 1 atom stereocenters. The highest BCUT2D eigenvalue weighted by atomic mass is 32.1. The van der Waals surface area contributed by atoms with Crippen molar-refractivity contribution in [2.24, 2.45) is 0 Å². The molecule has 1 N–H and O–H groups in total. The average molecular weight is 305 g/mol. The highest BCUT2D eigenvalue weighted by molar-refractivity contribution is 7.10. The molecule has 4 heteroatoms. The van der Waals surface area contributed by atoms with E-state index in [0.717, 1.165) is 18.0 Å². The Morgan fingerprint density at radius 2 is 1.95 bits per heavy atom. The number of thiophene rings is 1. The summed E-state index contributed by atoms with van der Waals surface area (Å²) in [6.45, 7) is 7.22. The Hall–Kier alpha value is -1.52. The van der Waals surface area contributed by atoms with Gasteiger partial charge in [0.05, 0.1) is 20.3 Å². The Morgan fingerprint density at radius 3 is 2.52 bits per heavy atom. The fourth-order valence-corrected chi connectivity index (χ4v) is 3.42. The van der Waals surface area contributed by atoms with E-state index in [4.69, 9.17) is 9.47 Å². The zero-order valence-corrected chi connectivity index (χ0v) is 14.1. The Kier molecular flexibility index (Phi) is 5.26. The van der Waals surface area contributed by atoms with Crippen molar-refractivity contribution in [1.82, 2.24) is 5.32 Å². The summed E-state index contributed by atoms with van der Waals surface area (Å²) >= 11 is 1.70. The van der Waals surface area contributed by atoms with Crippen LogP contribution in [-0.4, -0.2) is 20.8 Å². The zero-order valence-electron chi connectivity index (χ0n) is 13.3. The first-order chi connectivity index (χ1) is 10.1. The molecule has 0 aliphatic rings. The van der Waals surface area contributed by atoms with Crippen LogP contribution in [0.4, 0.5) is 0 Å². The van der Waals surface area contributed by atoms with E-state index in [1.54, 1.807) is 25.6 Å². The third-order valence-electron chi connectivity index (χ3n) is 3.75. The first kappa shape index (κ1) is 15.9. The number of benzene rings is 1. The second-order valence-electron chi connectivity index (χ2n) is 5.01. The Bertz CT molecular complexity index is 607. The summed E-state index contributed by atoms with van der Waals surface area (Å²) in [5.74, 6) is 1.87. The monoisotopic (exact) mass is 305 g/mol. The smallest absolute Gasteiger partial charge is 0.129 e. The molecule has 0 saturated heterocycles. The van der Waals surface area contributed by atoms with Gasteiger partial charge in [-0.3, -0.25) is 0 Å². The summed E-state index contributed by atoms with van der Waals surface area (Å²) in [4.78, 5) is 1.23. The van der Waals surface area contributed by atoms with Gasteiger partial charge in [0.25, 0.3) is 0 Å². The van der Waals surface area contributed by atoms with Gasteiger partial charge in [-0.1, -0.05) is 19.1 Å². The fraction of sp³-hybridized carbons (Fsp3) is 0.412. The van der Waals surface area contributed by atoms with Crippen LogP contribution in [-0.2, 0) is 0 Å². The zero-order chi connectivity index (χ0) is 15.4. The van der Waals surface area contributed by atoms with Crippen molar-refractivity contribution < 1.29 is 9.47 Å². The van der Waals surface area contributed by atoms with Crippen LogP contribution in [0.25, 0.3) is 0 Å². The minimum atomic E-state index is 0.123. The van der Waals surface area contributed by atoms with Gasteiger partial charge in [-0.15, -0.1) is 11.3 Å². The van der Waals surface area contributed by atoms with Gasteiger partial charge in [0, 0.05) is 15.8 Å². The average Bonchev–Trinajstić information content (AvgIpc) is 2.96. The Morgan fingerprint density at radius 1 is 1.19 bits per heavy atom. The number of ether oxygens (including phenoxy) is 2. The fourth-order valence-electron chi connectivity index (χ4n) is 2.47. The van der Waals surface area contributed by atoms with Crippen molar-refractivity contribution in [3.8, 4) is 11.5 Å². The van der Waals surface area contributed by atoms with Gasteiger partial charge in [0.15, 0.2) is 0 Å². The number of aryl methyl sites for hydroxylation is 1. The second kappa shape index (κ2) is 6.96. The van der Waals surface area contributed by atoms with Crippen LogP contribution in [0.15, 0.2) is 23.6 Å². The van der Waals surface area contributed by atoms with Gasteiger partial charge in [-0.05, 0) is 37.6 Å². The molecule has 1 aromatic heterocycles. The lowest BCUT2D eigenvalue weighted by Crippen LogP contribution is -2.22. The predicted octanol–water partition coefficient (Wildman–Crippen LogP) is 4.08. The van der Waals surface area contributed by atoms with Gasteiger partial charge in [-0.25, -0.2) is 0 Å². The van der Waals surface area contributed by atoms with Gasteiger partial charge in [-0.2, -0.15) is 0 Å². The molecule has 2 aromatic rings. The van der Waals surface area contributed by atoms with Crippen molar-refractivity contribution in [2.75, 3.05) is 20.8 Å². The highest BCUT2D eigenvalue weighted by Gasteiger charge is 2.21. The van der Waals surface area contributed by atoms with Crippen LogP contribution in [0.5, 0.6) is 11.5 Å². The van der Waals surface area contributed by atoms with Gasteiger partial charge in [0.2, 0.25) is 0 Å². The molecule has 1 aromatic carbocycles. The van der Waals surface area contributed by atoms with Crippen molar-refractivity contribution in [3.05, 3.63) is 45.1 Å². The molecule has 0 radical (unpaired) electrons. The largest absolute Gasteiger partial charge is 0.496 e. The van der Waals surface area contributed by atoms with Crippen LogP contribution < -0.4 is 14.8 Å². The Labute approximate surface area is 130 Å². The summed E-state index contributed by atoms with van der Waals surface area (Å²) < 4.78 is 11.0. The van der Waals surface area contributed by atoms with Crippen molar-refractivity contribution in [1.29, 1.82) is 0 Å². The molecule has 0 aliphatic carbocycles. The third-order valence-corrected chi connectivity index (χ3v) is 4.72. The number of hydrogen-bond acceptors (Lipinski definition) is 4. The number of hydrogen-bond donors (Lipinski definition) is 1. The summed E-state index contributed by atoms with van der Waals surface area (Å²) in [6.07, 6.45) is 0. The van der Waals surface area contributed by atoms with Gasteiger partial charge >= 0.3 is 0 Å². The molecule has 1 unspecified atom stereocenters. The van der Waals surface area contributed by atoms with Crippen LogP contribution in [0.1, 0.15) is 34.5 Å². The van der Waals surface area contributed by atoms with E-state index in [-0.39, 0.29) is 6.04 Å². The van der Waals surface area contributed by atoms with E-state index in [1.807, 2.05) is 5.38 Å². The van der Waals surface area contributed by atoms with E-state index in [1.165, 1.54) is 21.6 Å². The maximum absolute atomic E-state index is 5.67. The molecular weight excluding hydrogens is 282 g/mol. The lowest BCUT2D eigenvalue weighted by molar-refractivity contribution is 0.400. The minimum Gasteiger partial charge on any atom is -0.496 e. The quantitative estimate of drug-likeness (QED) is 0.872. The second-order valence-corrected chi connectivity index (χ2v) is 5.95. The van der Waals surface area contributed by atoms with Crippen molar-refractivity contribution in [3.63, 3.8) is 0 Å². The lowest BCUT2D eigenvalue weighted by atomic mass is 9.98. The van der Waals surface area contributed by atoms with E-state index >= 15 is 0 Å². The molecule has 0 aliphatic heterocycles. The molecule has 1 heterocycles. The van der Waals surface area contributed by atoms with Crippen LogP contribution in [0.2, 0.25) is 0 Å². The molecular formula is C17H23NO2S. The third kappa shape index (κ3) is 3.22. The first-order valence-electron chi connectivity index (χ1n) is 7.12. The van der Waals surface area contributed by atoms with E-state index in [0.29, 0.717) is 0 Å². The molecule has 0 bridgehead atoms. The van der Waals surface area contributed by atoms with Crippen molar-refractivity contribution >= 4 is 11.3 Å². The molecule has 0 fully saturated rings. The standard InChI is InChI=1S/C17H23NO2S/c1-6-18-16(15-9-13(19-4)10-21-15)14-8-7-11(2)12(3)17(14)20-5/h7-10,16,18H,6H2,1-5H3. The summed E-state index contributed by atoms with van der Waals surface area (Å²) in [5, 5.41) is 5.58. The number of methoxy groups -OCH3 is 2. The maximum atomic E-state index is 5.67. The molecule has 0 amide bonds. The maximum Gasteiger partial charge on any atom is 0.129 e. The van der Waals surface area contributed by atoms with E-state index < -0.39 is 0 Å². The first-order valence-corrected chi connectivity index (χ1v) is 8.00. The molecule has 2 rings (SSSR count). The van der Waals surface area contributed by atoms with Crippen LogP contribution >= 0.6 is 11.3 Å². The van der Waals surface area contributed by atoms with Crippen LogP contribution in [0, 0.1) is 13.8 Å². The molecule has 21 heavy (non-hydrogen) atoms. The summed E-state index contributed by atoms with van der Waals surface area (Å²) in [7, 11) is 3.44. The Balaban J connectivity index is 2.50. The van der Waals surface area contributed by atoms with E-state index in [2.05, 4.69) is 44.3 Å². The van der Waals surface area contributed by atoms with Gasteiger partial charge < -0.3 is 14.8 Å². The number of rotatable bonds is 6. The molecule has 114 valence electrons.